The van der Waals surface area contributed by atoms with Crippen LogP contribution in [0.15, 0.2) is 0 Å². The van der Waals surface area contributed by atoms with Crippen molar-refractivity contribution in [1.82, 2.24) is 10.2 Å². The molecule has 1 aliphatic heterocycles. The molecule has 2 unspecified atom stereocenters. The van der Waals surface area contributed by atoms with Crippen molar-refractivity contribution in [3.63, 3.8) is 0 Å². The van der Waals surface area contributed by atoms with Crippen molar-refractivity contribution < 1.29 is 14.7 Å². The third-order valence-electron chi connectivity index (χ3n) is 5.10. The van der Waals surface area contributed by atoms with Gasteiger partial charge in [0.05, 0.1) is 5.92 Å². The molecule has 1 saturated heterocycles. The van der Waals surface area contributed by atoms with Gasteiger partial charge in [0.15, 0.2) is 0 Å². The lowest BCUT2D eigenvalue weighted by molar-refractivity contribution is -0.141. The quantitative estimate of drug-likeness (QED) is 0.815. The lowest BCUT2D eigenvalue weighted by Gasteiger charge is -2.41. The van der Waals surface area contributed by atoms with Gasteiger partial charge < -0.3 is 15.3 Å². The molecule has 1 fully saturated rings. The summed E-state index contributed by atoms with van der Waals surface area (Å²) in [5.74, 6) is -1.46. The molecule has 1 heterocycles. The highest BCUT2D eigenvalue weighted by molar-refractivity contribution is 5.76. The Morgan fingerprint density at radius 1 is 1.20 bits per heavy atom. The highest BCUT2D eigenvalue weighted by Crippen LogP contribution is 2.37. The van der Waals surface area contributed by atoms with E-state index >= 15 is 0 Å². The molecule has 0 aromatic heterocycles. The van der Waals surface area contributed by atoms with Crippen LogP contribution in [0, 0.1) is 11.3 Å². The Morgan fingerprint density at radius 2 is 1.70 bits per heavy atom. The maximum atomic E-state index is 12.1. The van der Waals surface area contributed by atoms with Crippen molar-refractivity contribution in [2.45, 2.75) is 59.4 Å². The lowest BCUT2D eigenvalue weighted by atomic mass is 9.74. The first kappa shape index (κ1) is 16.8. The van der Waals surface area contributed by atoms with Crippen LogP contribution in [0.3, 0.4) is 0 Å². The Labute approximate surface area is 121 Å². The number of nitrogens with one attached hydrogen (secondary N) is 1. The van der Waals surface area contributed by atoms with Gasteiger partial charge in [-0.15, -0.1) is 0 Å². The molecule has 0 bridgehead atoms. The van der Waals surface area contributed by atoms with Crippen molar-refractivity contribution in [2.75, 3.05) is 13.1 Å². The Balaban J connectivity index is 2.49. The third kappa shape index (κ3) is 3.87. The second-order valence-electron chi connectivity index (χ2n) is 6.06. The number of carbonyl (C=O) groups excluding carboxylic acids is 1. The molecule has 116 valence electrons. The number of aliphatic carboxylic acids is 1. The molecular formula is C15H28N2O3. The van der Waals surface area contributed by atoms with E-state index in [0.717, 1.165) is 38.8 Å². The van der Waals surface area contributed by atoms with Crippen LogP contribution in [0.2, 0.25) is 0 Å². The number of carboxylic acid groups (broad SMARTS) is 1. The Kier molecular flexibility index (Phi) is 5.84. The number of rotatable bonds is 5. The number of likely N-dealkylation sites (tertiary alicyclic amines) is 1. The number of urea groups is 1. The third-order valence-corrected chi connectivity index (χ3v) is 5.10. The van der Waals surface area contributed by atoms with E-state index in [-0.39, 0.29) is 12.1 Å². The van der Waals surface area contributed by atoms with Crippen LogP contribution in [0.5, 0.6) is 0 Å². The van der Waals surface area contributed by atoms with E-state index in [4.69, 9.17) is 5.11 Å². The smallest absolute Gasteiger partial charge is 0.317 e. The summed E-state index contributed by atoms with van der Waals surface area (Å²) in [6.45, 7) is 9.32. The number of amides is 2. The van der Waals surface area contributed by atoms with Crippen molar-refractivity contribution in [3.8, 4) is 0 Å². The first-order valence-corrected chi connectivity index (χ1v) is 7.63. The van der Waals surface area contributed by atoms with Crippen LogP contribution < -0.4 is 5.32 Å². The predicted octanol–water partition coefficient (Wildman–Crippen LogP) is 2.71. The van der Waals surface area contributed by atoms with Gasteiger partial charge in [-0.05, 0) is 32.1 Å². The van der Waals surface area contributed by atoms with Crippen molar-refractivity contribution >= 4 is 12.0 Å². The van der Waals surface area contributed by atoms with Crippen molar-refractivity contribution in [3.05, 3.63) is 0 Å². The molecule has 0 aliphatic carbocycles. The van der Waals surface area contributed by atoms with Gasteiger partial charge in [0.1, 0.15) is 0 Å². The van der Waals surface area contributed by atoms with Crippen molar-refractivity contribution in [1.29, 1.82) is 0 Å². The molecule has 0 aromatic carbocycles. The van der Waals surface area contributed by atoms with Gasteiger partial charge >= 0.3 is 12.0 Å². The minimum Gasteiger partial charge on any atom is -0.481 e. The lowest BCUT2D eigenvalue weighted by Crippen LogP contribution is -2.51. The van der Waals surface area contributed by atoms with Gasteiger partial charge in [0, 0.05) is 19.1 Å². The van der Waals surface area contributed by atoms with Gasteiger partial charge in [0.25, 0.3) is 0 Å². The van der Waals surface area contributed by atoms with Crippen molar-refractivity contribution in [2.24, 2.45) is 11.3 Å². The molecule has 5 nitrogen and oxygen atoms in total. The first-order valence-electron chi connectivity index (χ1n) is 7.63. The predicted molar refractivity (Wildman–Crippen MR) is 78.6 cm³/mol. The number of nitrogens with zero attached hydrogens (tertiary/aromatic N) is 1. The summed E-state index contributed by atoms with van der Waals surface area (Å²) in [6.07, 6.45) is 4.39. The van der Waals surface area contributed by atoms with Crippen LogP contribution in [0.4, 0.5) is 4.79 Å². The molecule has 0 aromatic rings. The fourth-order valence-corrected chi connectivity index (χ4v) is 2.77. The molecule has 1 rings (SSSR count). The number of piperidine rings is 1. The molecule has 5 heteroatoms. The van der Waals surface area contributed by atoms with Crippen LogP contribution in [-0.2, 0) is 4.79 Å². The Bertz CT molecular complexity index is 343. The zero-order chi connectivity index (χ0) is 15.3. The zero-order valence-electron chi connectivity index (χ0n) is 13.1. The normalized spacial score (nSPS) is 21.1. The monoisotopic (exact) mass is 284 g/mol. The summed E-state index contributed by atoms with van der Waals surface area (Å²) >= 11 is 0. The maximum absolute atomic E-state index is 12.1. The van der Waals surface area contributed by atoms with Crippen LogP contribution >= 0.6 is 0 Å². The average Bonchev–Trinajstić information content (AvgIpc) is 2.46. The average molecular weight is 284 g/mol. The summed E-state index contributed by atoms with van der Waals surface area (Å²) in [6, 6.07) is -0.490. The van der Waals surface area contributed by atoms with Gasteiger partial charge in [-0.3, -0.25) is 4.79 Å². The Morgan fingerprint density at radius 3 is 2.10 bits per heavy atom. The summed E-state index contributed by atoms with van der Waals surface area (Å²) in [5, 5.41) is 11.7. The second kappa shape index (κ2) is 6.95. The van der Waals surface area contributed by atoms with E-state index in [2.05, 4.69) is 19.2 Å². The molecule has 1 aliphatic rings. The number of carbonyl (C=O) groups is 2. The van der Waals surface area contributed by atoms with E-state index in [1.165, 1.54) is 0 Å². The number of carboxylic acids is 1. The highest BCUT2D eigenvalue weighted by Gasteiger charge is 2.33. The second-order valence-corrected chi connectivity index (χ2v) is 6.06. The standard InChI is InChI=1S/C15H28N2O3/c1-5-15(6-2)7-9-17(10-8-15)14(20)16-12(4)11(3)13(18)19/h11-12H,5-10H2,1-4H3,(H,16,20)(H,18,19). The molecule has 20 heavy (non-hydrogen) atoms. The van der Waals surface area contributed by atoms with Crippen LogP contribution in [0.1, 0.15) is 53.4 Å². The molecule has 2 N–H and O–H groups in total. The molecular weight excluding hydrogens is 256 g/mol. The maximum Gasteiger partial charge on any atom is 0.317 e. The fourth-order valence-electron chi connectivity index (χ4n) is 2.77. The summed E-state index contributed by atoms with van der Waals surface area (Å²) in [4.78, 5) is 24.9. The van der Waals surface area contributed by atoms with E-state index < -0.39 is 11.9 Å². The van der Waals surface area contributed by atoms with Gasteiger partial charge in [-0.1, -0.05) is 26.7 Å². The highest BCUT2D eigenvalue weighted by atomic mass is 16.4. The largest absolute Gasteiger partial charge is 0.481 e. The fraction of sp³-hybridized carbons (Fsp3) is 0.867. The van der Waals surface area contributed by atoms with Gasteiger partial charge in [-0.25, -0.2) is 4.79 Å². The first-order chi connectivity index (χ1) is 9.35. The van der Waals surface area contributed by atoms with E-state index in [9.17, 15) is 9.59 Å². The topological polar surface area (TPSA) is 69.6 Å². The molecule has 2 amide bonds. The van der Waals surface area contributed by atoms with Gasteiger partial charge in [0.2, 0.25) is 0 Å². The van der Waals surface area contributed by atoms with E-state index in [0.29, 0.717) is 5.41 Å². The SMILES string of the molecule is CCC1(CC)CCN(C(=O)NC(C)C(C)C(=O)O)CC1. The van der Waals surface area contributed by atoms with Crippen LogP contribution in [0.25, 0.3) is 0 Å². The molecule has 0 radical (unpaired) electrons. The molecule has 2 atom stereocenters. The number of hydrogen-bond donors (Lipinski definition) is 2. The Hall–Kier alpha value is -1.26. The summed E-state index contributed by atoms with van der Waals surface area (Å²) in [7, 11) is 0. The molecule has 0 saturated carbocycles. The van der Waals surface area contributed by atoms with E-state index in [1.54, 1.807) is 13.8 Å². The minimum absolute atomic E-state index is 0.133. The summed E-state index contributed by atoms with van der Waals surface area (Å²) < 4.78 is 0. The minimum atomic E-state index is -0.882. The van der Waals surface area contributed by atoms with Gasteiger partial charge in [-0.2, -0.15) is 0 Å². The van der Waals surface area contributed by atoms with E-state index in [1.807, 2.05) is 4.90 Å². The summed E-state index contributed by atoms with van der Waals surface area (Å²) in [5.41, 5.74) is 0.386. The van der Waals surface area contributed by atoms with Crippen LogP contribution in [-0.4, -0.2) is 41.1 Å². The molecule has 0 spiro atoms. The number of hydrogen-bond acceptors (Lipinski definition) is 2. The zero-order valence-corrected chi connectivity index (χ0v) is 13.1.